The smallest absolute Gasteiger partial charge is 0.238 e. The molecule has 1 unspecified atom stereocenters. The highest BCUT2D eigenvalue weighted by Gasteiger charge is 2.22. The second-order valence-electron chi connectivity index (χ2n) is 3.42. The molecule has 1 N–H and O–H groups in total. The SMILES string of the molecule is C#CCCCCNC(=O)C(C)S(C)(=O)=O. The Labute approximate surface area is 91.4 Å². The predicted molar refractivity (Wildman–Crippen MR) is 60.0 cm³/mol. The molecular formula is C10H17NO3S. The molecule has 0 saturated carbocycles. The van der Waals surface area contributed by atoms with Gasteiger partial charge in [-0.2, -0.15) is 0 Å². The summed E-state index contributed by atoms with van der Waals surface area (Å²) in [5.74, 6) is 2.05. The fourth-order valence-corrected chi connectivity index (χ4v) is 1.37. The third-order valence-corrected chi connectivity index (χ3v) is 3.56. The van der Waals surface area contributed by atoms with Gasteiger partial charge in [-0.1, -0.05) is 0 Å². The Bertz CT molecular complexity index is 340. The van der Waals surface area contributed by atoms with E-state index in [0.717, 1.165) is 19.1 Å². The number of carbonyl (C=O) groups is 1. The molecule has 0 aromatic heterocycles. The molecule has 0 radical (unpaired) electrons. The van der Waals surface area contributed by atoms with Crippen LogP contribution in [0.5, 0.6) is 0 Å². The van der Waals surface area contributed by atoms with E-state index in [2.05, 4.69) is 11.2 Å². The van der Waals surface area contributed by atoms with Crippen molar-refractivity contribution in [1.82, 2.24) is 5.32 Å². The van der Waals surface area contributed by atoms with E-state index >= 15 is 0 Å². The predicted octanol–water partition coefficient (Wildman–Crippen LogP) is 0.339. The largest absolute Gasteiger partial charge is 0.355 e. The zero-order chi connectivity index (χ0) is 11.9. The van der Waals surface area contributed by atoms with Gasteiger partial charge in [0.15, 0.2) is 9.84 Å². The molecule has 5 heteroatoms. The number of rotatable bonds is 6. The average molecular weight is 231 g/mol. The summed E-state index contributed by atoms with van der Waals surface area (Å²) in [4.78, 5) is 11.3. The van der Waals surface area contributed by atoms with Crippen molar-refractivity contribution in [3.8, 4) is 12.3 Å². The van der Waals surface area contributed by atoms with Crippen LogP contribution in [0.2, 0.25) is 0 Å². The lowest BCUT2D eigenvalue weighted by Gasteiger charge is -2.09. The second kappa shape index (κ2) is 6.46. The molecule has 15 heavy (non-hydrogen) atoms. The van der Waals surface area contributed by atoms with E-state index < -0.39 is 21.0 Å². The Hall–Kier alpha value is -1.02. The molecule has 0 aliphatic heterocycles. The zero-order valence-corrected chi connectivity index (χ0v) is 9.93. The lowest BCUT2D eigenvalue weighted by molar-refractivity contribution is -0.120. The Kier molecular flexibility index (Phi) is 6.02. The van der Waals surface area contributed by atoms with Gasteiger partial charge in [-0.25, -0.2) is 8.42 Å². The highest BCUT2D eigenvalue weighted by Crippen LogP contribution is 1.98. The van der Waals surface area contributed by atoms with E-state index in [4.69, 9.17) is 6.42 Å². The highest BCUT2D eigenvalue weighted by molar-refractivity contribution is 7.92. The van der Waals surface area contributed by atoms with Gasteiger partial charge < -0.3 is 5.32 Å². The van der Waals surface area contributed by atoms with E-state index in [1.54, 1.807) is 0 Å². The summed E-state index contributed by atoms with van der Waals surface area (Å²) in [5, 5.41) is 1.58. The highest BCUT2D eigenvalue weighted by atomic mass is 32.2. The molecule has 1 atom stereocenters. The van der Waals surface area contributed by atoms with Crippen LogP contribution in [0.15, 0.2) is 0 Å². The Balaban J connectivity index is 3.82. The summed E-state index contributed by atoms with van der Waals surface area (Å²) in [5.41, 5.74) is 0. The van der Waals surface area contributed by atoms with Gasteiger partial charge in [-0.15, -0.1) is 12.3 Å². The number of carbonyl (C=O) groups excluding carboxylic acids is 1. The van der Waals surface area contributed by atoms with E-state index in [9.17, 15) is 13.2 Å². The van der Waals surface area contributed by atoms with Crippen molar-refractivity contribution in [3.63, 3.8) is 0 Å². The van der Waals surface area contributed by atoms with Crippen molar-refractivity contribution in [3.05, 3.63) is 0 Å². The number of terminal acetylenes is 1. The van der Waals surface area contributed by atoms with Crippen molar-refractivity contribution < 1.29 is 13.2 Å². The first-order valence-electron chi connectivity index (χ1n) is 4.79. The van der Waals surface area contributed by atoms with Gasteiger partial charge in [0.2, 0.25) is 5.91 Å². The van der Waals surface area contributed by atoms with Gasteiger partial charge in [0, 0.05) is 19.2 Å². The third kappa shape index (κ3) is 6.13. The molecule has 4 nitrogen and oxygen atoms in total. The molecule has 0 aromatic rings. The number of nitrogens with one attached hydrogen (secondary N) is 1. The molecule has 0 aromatic carbocycles. The summed E-state index contributed by atoms with van der Waals surface area (Å²) in [6.45, 7) is 1.85. The fraction of sp³-hybridized carbons (Fsp3) is 0.700. The van der Waals surface area contributed by atoms with Crippen LogP contribution in [0.1, 0.15) is 26.2 Å². The average Bonchev–Trinajstić information content (AvgIpc) is 2.14. The number of hydrogen-bond acceptors (Lipinski definition) is 3. The maximum Gasteiger partial charge on any atom is 0.238 e. The van der Waals surface area contributed by atoms with Crippen molar-refractivity contribution in [2.45, 2.75) is 31.4 Å². The second-order valence-corrected chi connectivity index (χ2v) is 5.79. The van der Waals surface area contributed by atoms with Gasteiger partial charge >= 0.3 is 0 Å². The van der Waals surface area contributed by atoms with Crippen LogP contribution in [-0.2, 0) is 14.6 Å². The van der Waals surface area contributed by atoms with Crippen LogP contribution < -0.4 is 5.32 Å². The minimum Gasteiger partial charge on any atom is -0.355 e. The maximum absolute atomic E-state index is 11.3. The standard InChI is InChI=1S/C10H17NO3S/c1-4-5-6-7-8-11-10(12)9(2)15(3,13)14/h1,9H,5-8H2,2-3H3,(H,11,12). The topological polar surface area (TPSA) is 63.2 Å². The van der Waals surface area contributed by atoms with E-state index in [-0.39, 0.29) is 0 Å². The molecular weight excluding hydrogens is 214 g/mol. The van der Waals surface area contributed by atoms with Crippen molar-refractivity contribution in [1.29, 1.82) is 0 Å². The third-order valence-electron chi connectivity index (χ3n) is 2.06. The summed E-state index contributed by atoms with van der Waals surface area (Å²) < 4.78 is 22.0. The Morgan fingerprint density at radius 2 is 2.07 bits per heavy atom. The molecule has 0 spiro atoms. The van der Waals surface area contributed by atoms with Gasteiger partial charge in [0.1, 0.15) is 5.25 Å². The van der Waals surface area contributed by atoms with Gasteiger partial charge in [0.25, 0.3) is 0 Å². The number of hydrogen-bond donors (Lipinski definition) is 1. The summed E-state index contributed by atoms with van der Waals surface area (Å²) >= 11 is 0. The minimum absolute atomic E-state index is 0.446. The first-order chi connectivity index (χ1) is 6.89. The molecule has 0 rings (SSSR count). The Morgan fingerprint density at radius 1 is 1.47 bits per heavy atom. The first kappa shape index (κ1) is 14.0. The lowest BCUT2D eigenvalue weighted by Crippen LogP contribution is -2.37. The normalized spacial score (nSPS) is 12.9. The lowest BCUT2D eigenvalue weighted by atomic mass is 10.2. The van der Waals surface area contributed by atoms with Crippen LogP contribution in [0.25, 0.3) is 0 Å². The Morgan fingerprint density at radius 3 is 2.53 bits per heavy atom. The molecule has 0 bridgehead atoms. The van der Waals surface area contributed by atoms with E-state index in [0.29, 0.717) is 13.0 Å². The van der Waals surface area contributed by atoms with Crippen LogP contribution in [-0.4, -0.2) is 32.4 Å². The first-order valence-corrected chi connectivity index (χ1v) is 6.75. The molecule has 0 fully saturated rings. The maximum atomic E-state index is 11.3. The molecule has 86 valence electrons. The minimum atomic E-state index is -3.29. The number of amides is 1. The van der Waals surface area contributed by atoms with Crippen molar-refractivity contribution in [2.75, 3.05) is 12.8 Å². The van der Waals surface area contributed by atoms with Crippen LogP contribution in [0, 0.1) is 12.3 Å². The molecule has 0 saturated heterocycles. The van der Waals surface area contributed by atoms with Crippen LogP contribution in [0.4, 0.5) is 0 Å². The van der Waals surface area contributed by atoms with Crippen LogP contribution >= 0.6 is 0 Å². The zero-order valence-electron chi connectivity index (χ0n) is 9.12. The quantitative estimate of drug-likeness (QED) is 0.529. The van der Waals surface area contributed by atoms with E-state index in [1.807, 2.05) is 0 Å². The van der Waals surface area contributed by atoms with E-state index in [1.165, 1.54) is 6.92 Å². The summed E-state index contributed by atoms with van der Waals surface area (Å²) in [6.07, 6.45) is 8.40. The number of sulfone groups is 1. The van der Waals surface area contributed by atoms with Gasteiger partial charge in [0.05, 0.1) is 0 Å². The van der Waals surface area contributed by atoms with Crippen LogP contribution in [0.3, 0.4) is 0 Å². The molecule has 1 amide bonds. The van der Waals surface area contributed by atoms with Gasteiger partial charge in [-0.3, -0.25) is 4.79 Å². The molecule has 0 heterocycles. The fourth-order valence-electron chi connectivity index (χ4n) is 0.902. The van der Waals surface area contributed by atoms with Crippen molar-refractivity contribution in [2.24, 2.45) is 0 Å². The van der Waals surface area contributed by atoms with Crippen molar-refractivity contribution >= 4 is 15.7 Å². The monoisotopic (exact) mass is 231 g/mol. The molecule has 0 aliphatic carbocycles. The summed E-state index contributed by atoms with van der Waals surface area (Å²) in [6, 6.07) is 0. The summed E-state index contributed by atoms with van der Waals surface area (Å²) in [7, 11) is -3.29. The number of unbranched alkanes of at least 4 members (excludes halogenated alkanes) is 2. The van der Waals surface area contributed by atoms with Gasteiger partial charge in [-0.05, 0) is 19.8 Å². The molecule has 0 aliphatic rings.